The molecular weight excluding hydrogens is 106 g/mol. The van der Waals surface area contributed by atoms with Crippen molar-refractivity contribution in [1.29, 1.82) is 0 Å². The van der Waals surface area contributed by atoms with Crippen LogP contribution in [0.2, 0.25) is 0 Å². The third-order valence-corrected chi connectivity index (χ3v) is 1.06. The molecule has 0 amide bonds. The van der Waals surface area contributed by atoms with Gasteiger partial charge in [0.15, 0.2) is 0 Å². The average molecular weight is 115 g/mol. The fourth-order valence-corrected chi connectivity index (χ4v) is 0.584. The molecule has 0 bridgehead atoms. The van der Waals surface area contributed by atoms with Gasteiger partial charge in [-0.25, -0.2) is 0 Å². The summed E-state index contributed by atoms with van der Waals surface area (Å²) in [5.74, 6) is 3.54. The maximum absolute atomic E-state index is 4.94. The lowest BCUT2D eigenvalue weighted by Crippen LogP contribution is -2.01. The van der Waals surface area contributed by atoms with Crippen molar-refractivity contribution in [3.63, 3.8) is 0 Å². The van der Waals surface area contributed by atoms with Crippen LogP contribution in [0.15, 0.2) is 0 Å². The van der Waals surface area contributed by atoms with Crippen LogP contribution in [0, 0.1) is 12.3 Å². The Kier molecular flexibility index (Phi) is 5.76. The summed E-state index contributed by atoms with van der Waals surface area (Å²) in [7, 11) is 0. The van der Waals surface area contributed by atoms with Gasteiger partial charge >= 0.3 is 0 Å². The zero-order chi connectivity index (χ0) is 5.54. The molecule has 0 aromatic heterocycles. The topological polar surface area (TPSA) is 12.0 Å². The molecule has 0 rings (SSSR count). The minimum absolute atomic E-state index is 0.665. The van der Waals surface area contributed by atoms with Crippen LogP contribution in [-0.2, 0) is 0 Å². The van der Waals surface area contributed by atoms with Crippen LogP contribution in [0.3, 0.4) is 0 Å². The van der Waals surface area contributed by atoms with Crippen molar-refractivity contribution in [2.75, 3.05) is 12.3 Å². The van der Waals surface area contributed by atoms with Gasteiger partial charge in [0.2, 0.25) is 0 Å². The first kappa shape index (κ1) is 6.87. The Morgan fingerprint density at radius 3 is 3.00 bits per heavy atom. The summed E-state index contributed by atoms with van der Waals surface area (Å²) in [6.45, 7) is 2.74. The molecule has 7 heavy (non-hydrogen) atoms. The molecule has 0 heterocycles. The van der Waals surface area contributed by atoms with Gasteiger partial charge in [0, 0.05) is 5.75 Å². The monoisotopic (exact) mass is 115 g/mol. The maximum atomic E-state index is 4.94. The molecule has 1 N–H and O–H groups in total. The van der Waals surface area contributed by atoms with Gasteiger partial charge in [-0.15, -0.1) is 6.42 Å². The van der Waals surface area contributed by atoms with Gasteiger partial charge in [-0.2, -0.15) is 0 Å². The van der Waals surface area contributed by atoms with Gasteiger partial charge in [-0.05, 0) is 0 Å². The number of rotatable bonds is 3. The van der Waals surface area contributed by atoms with Crippen molar-refractivity contribution in [2.45, 2.75) is 6.92 Å². The number of nitrogens with one attached hydrogen (secondary N) is 1. The van der Waals surface area contributed by atoms with Crippen LogP contribution in [-0.4, -0.2) is 12.3 Å². The van der Waals surface area contributed by atoms with E-state index in [1.54, 1.807) is 11.9 Å². The SMILES string of the molecule is C#CCNSCC. The lowest BCUT2D eigenvalue weighted by molar-refractivity contribution is 1.16. The van der Waals surface area contributed by atoms with E-state index in [4.69, 9.17) is 6.42 Å². The fourth-order valence-electron chi connectivity index (χ4n) is 0.195. The predicted octanol–water partition coefficient (Wildman–Crippen LogP) is 0.877. The van der Waals surface area contributed by atoms with Crippen LogP contribution >= 0.6 is 11.9 Å². The number of hydrogen-bond donors (Lipinski definition) is 1. The molecule has 0 atom stereocenters. The van der Waals surface area contributed by atoms with E-state index in [-0.39, 0.29) is 0 Å². The third-order valence-electron chi connectivity index (χ3n) is 0.421. The van der Waals surface area contributed by atoms with Gasteiger partial charge in [0.1, 0.15) is 0 Å². The molecule has 1 nitrogen and oxygen atoms in total. The van der Waals surface area contributed by atoms with Gasteiger partial charge in [-0.1, -0.05) is 24.8 Å². The molecule has 0 radical (unpaired) electrons. The second-order valence-corrected chi connectivity index (χ2v) is 2.11. The van der Waals surface area contributed by atoms with Crippen LogP contribution in [0.4, 0.5) is 0 Å². The molecule has 0 unspecified atom stereocenters. The Morgan fingerprint density at radius 2 is 2.57 bits per heavy atom. The molecule has 0 fully saturated rings. The minimum Gasteiger partial charge on any atom is -0.252 e. The summed E-state index contributed by atoms with van der Waals surface area (Å²) < 4.78 is 2.97. The van der Waals surface area contributed by atoms with E-state index in [0.717, 1.165) is 5.75 Å². The quantitative estimate of drug-likeness (QED) is 0.333. The first-order valence-corrected chi connectivity index (χ1v) is 3.18. The summed E-state index contributed by atoms with van der Waals surface area (Å²) in [6.07, 6.45) is 4.94. The highest BCUT2D eigenvalue weighted by Gasteiger charge is 1.74. The van der Waals surface area contributed by atoms with Gasteiger partial charge < -0.3 is 0 Å². The number of hydrogen-bond acceptors (Lipinski definition) is 2. The zero-order valence-electron chi connectivity index (χ0n) is 4.40. The Hall–Kier alpha value is -0.130. The van der Waals surface area contributed by atoms with Crippen LogP contribution in [0.1, 0.15) is 6.92 Å². The Morgan fingerprint density at radius 1 is 1.86 bits per heavy atom. The Labute approximate surface area is 49.0 Å². The summed E-state index contributed by atoms with van der Waals surface area (Å²) in [4.78, 5) is 0. The van der Waals surface area contributed by atoms with E-state index in [2.05, 4.69) is 17.6 Å². The van der Waals surface area contributed by atoms with Crippen molar-refractivity contribution in [3.8, 4) is 12.3 Å². The summed E-state index contributed by atoms with van der Waals surface area (Å²) >= 11 is 1.64. The number of terminal acetylenes is 1. The normalized spacial score (nSPS) is 8.00. The van der Waals surface area contributed by atoms with Crippen LogP contribution in [0.5, 0.6) is 0 Å². The van der Waals surface area contributed by atoms with E-state index in [0.29, 0.717) is 6.54 Å². The predicted molar refractivity (Wildman–Crippen MR) is 35.0 cm³/mol. The summed E-state index contributed by atoms with van der Waals surface area (Å²) in [6, 6.07) is 0. The largest absolute Gasteiger partial charge is 0.252 e. The van der Waals surface area contributed by atoms with Crippen molar-refractivity contribution in [2.24, 2.45) is 0 Å². The molecule has 0 aromatic rings. The van der Waals surface area contributed by atoms with E-state index in [1.807, 2.05) is 0 Å². The van der Waals surface area contributed by atoms with Crippen LogP contribution < -0.4 is 4.72 Å². The van der Waals surface area contributed by atoms with Crippen LogP contribution in [0.25, 0.3) is 0 Å². The molecule has 40 valence electrons. The first-order chi connectivity index (χ1) is 3.41. The smallest absolute Gasteiger partial charge is 0.0668 e. The lowest BCUT2D eigenvalue weighted by Gasteiger charge is -1.90. The average Bonchev–Trinajstić information content (AvgIpc) is 1.69. The fraction of sp³-hybridized carbons (Fsp3) is 0.600. The summed E-state index contributed by atoms with van der Waals surface area (Å²) in [5.41, 5.74) is 0. The molecule has 0 saturated heterocycles. The minimum atomic E-state index is 0.665. The third kappa shape index (κ3) is 5.87. The second kappa shape index (κ2) is 5.87. The Balaban J connectivity index is 2.60. The van der Waals surface area contributed by atoms with Gasteiger partial charge in [0.05, 0.1) is 6.54 Å². The van der Waals surface area contributed by atoms with E-state index < -0.39 is 0 Å². The molecular formula is C5H9NS. The first-order valence-electron chi connectivity index (χ1n) is 2.20. The molecule has 0 aliphatic rings. The van der Waals surface area contributed by atoms with Crippen molar-refractivity contribution in [3.05, 3.63) is 0 Å². The van der Waals surface area contributed by atoms with E-state index in [1.165, 1.54) is 0 Å². The van der Waals surface area contributed by atoms with Gasteiger partial charge in [0.25, 0.3) is 0 Å². The highest BCUT2D eigenvalue weighted by Crippen LogP contribution is 1.86. The summed E-state index contributed by atoms with van der Waals surface area (Å²) in [5, 5.41) is 0. The molecule has 0 spiro atoms. The standard InChI is InChI=1S/C5H9NS/c1-3-5-6-7-4-2/h1,6H,4-5H2,2H3. The highest BCUT2D eigenvalue weighted by atomic mass is 32.2. The molecule has 0 saturated carbocycles. The Bertz CT molecular complexity index is 65.0. The van der Waals surface area contributed by atoms with Crippen molar-refractivity contribution >= 4 is 11.9 Å². The molecule has 0 aliphatic heterocycles. The zero-order valence-corrected chi connectivity index (χ0v) is 5.22. The van der Waals surface area contributed by atoms with Crippen molar-refractivity contribution in [1.82, 2.24) is 4.72 Å². The van der Waals surface area contributed by atoms with Gasteiger partial charge in [-0.3, -0.25) is 4.72 Å². The maximum Gasteiger partial charge on any atom is 0.0668 e. The lowest BCUT2D eigenvalue weighted by atomic mass is 10.7. The highest BCUT2D eigenvalue weighted by molar-refractivity contribution is 7.97. The molecule has 2 heteroatoms. The molecule has 0 aromatic carbocycles. The second-order valence-electron chi connectivity index (χ2n) is 0.958. The van der Waals surface area contributed by atoms with E-state index in [9.17, 15) is 0 Å². The molecule has 0 aliphatic carbocycles. The van der Waals surface area contributed by atoms with E-state index >= 15 is 0 Å². The van der Waals surface area contributed by atoms with Crippen molar-refractivity contribution < 1.29 is 0 Å².